The van der Waals surface area contributed by atoms with Crippen molar-refractivity contribution in [2.45, 2.75) is 19.4 Å². The van der Waals surface area contributed by atoms with Crippen molar-refractivity contribution in [3.8, 4) is 0 Å². The van der Waals surface area contributed by atoms with Crippen LogP contribution in [0.5, 0.6) is 0 Å². The minimum Gasteiger partial charge on any atom is -0.320 e. The Morgan fingerprint density at radius 3 is 2.67 bits per heavy atom. The van der Waals surface area contributed by atoms with E-state index >= 15 is 0 Å². The Labute approximate surface area is 121 Å². The molecule has 0 aliphatic carbocycles. The molecule has 2 aromatic carbocycles. The standard InChI is InChI=1S/C15H15BrClN/c1-2-10-4-3-5-11(8-10)15(18)13-7-6-12(17)9-14(13)16/h3-9,15H,2,18H2,1H3. The maximum atomic E-state index is 6.32. The summed E-state index contributed by atoms with van der Waals surface area (Å²) in [5.41, 5.74) is 9.79. The normalized spacial score (nSPS) is 12.4. The molecule has 0 aliphatic rings. The summed E-state index contributed by atoms with van der Waals surface area (Å²) in [6.45, 7) is 2.14. The molecular weight excluding hydrogens is 310 g/mol. The van der Waals surface area contributed by atoms with Crippen molar-refractivity contribution >= 4 is 27.5 Å². The van der Waals surface area contributed by atoms with Gasteiger partial charge < -0.3 is 5.73 Å². The van der Waals surface area contributed by atoms with E-state index < -0.39 is 0 Å². The first-order valence-electron chi connectivity index (χ1n) is 5.91. The third-order valence-electron chi connectivity index (χ3n) is 3.02. The Bertz CT molecular complexity index is 554. The Morgan fingerprint density at radius 2 is 2.00 bits per heavy atom. The molecule has 1 atom stereocenters. The predicted octanol–water partition coefficient (Wildman–Crippen LogP) is 4.71. The molecule has 0 saturated carbocycles. The van der Waals surface area contributed by atoms with Crippen LogP contribution in [0.4, 0.5) is 0 Å². The lowest BCUT2D eigenvalue weighted by Crippen LogP contribution is -2.12. The van der Waals surface area contributed by atoms with Gasteiger partial charge in [-0.2, -0.15) is 0 Å². The summed E-state index contributed by atoms with van der Waals surface area (Å²) in [7, 11) is 0. The minimum atomic E-state index is -0.136. The van der Waals surface area contributed by atoms with Gasteiger partial charge in [0.15, 0.2) is 0 Å². The number of rotatable bonds is 3. The first-order chi connectivity index (χ1) is 8.61. The van der Waals surface area contributed by atoms with Gasteiger partial charge in [-0.1, -0.05) is 64.8 Å². The average Bonchev–Trinajstić information content (AvgIpc) is 2.38. The van der Waals surface area contributed by atoms with Gasteiger partial charge in [0.1, 0.15) is 0 Å². The summed E-state index contributed by atoms with van der Waals surface area (Å²) in [4.78, 5) is 0. The van der Waals surface area contributed by atoms with E-state index in [9.17, 15) is 0 Å². The SMILES string of the molecule is CCc1cccc(C(N)c2ccc(Cl)cc2Br)c1. The van der Waals surface area contributed by atoms with Gasteiger partial charge in [0, 0.05) is 9.50 Å². The summed E-state index contributed by atoms with van der Waals surface area (Å²) >= 11 is 9.46. The molecule has 2 aromatic rings. The van der Waals surface area contributed by atoms with Gasteiger partial charge in [-0.15, -0.1) is 0 Å². The number of nitrogens with two attached hydrogens (primary N) is 1. The van der Waals surface area contributed by atoms with Crippen molar-refractivity contribution in [3.05, 3.63) is 68.7 Å². The number of aryl methyl sites for hydroxylation is 1. The molecule has 0 saturated heterocycles. The largest absolute Gasteiger partial charge is 0.320 e. The Balaban J connectivity index is 2.37. The topological polar surface area (TPSA) is 26.0 Å². The maximum absolute atomic E-state index is 6.32. The fourth-order valence-corrected chi connectivity index (χ4v) is 2.87. The first-order valence-corrected chi connectivity index (χ1v) is 7.08. The fraction of sp³-hybridized carbons (Fsp3) is 0.200. The molecule has 0 spiro atoms. The molecule has 18 heavy (non-hydrogen) atoms. The molecule has 0 fully saturated rings. The smallest absolute Gasteiger partial charge is 0.0562 e. The third-order valence-corrected chi connectivity index (χ3v) is 3.94. The Hall–Kier alpha value is -0.830. The van der Waals surface area contributed by atoms with Gasteiger partial charge in [-0.3, -0.25) is 0 Å². The van der Waals surface area contributed by atoms with Crippen LogP contribution < -0.4 is 5.73 Å². The van der Waals surface area contributed by atoms with Gasteiger partial charge in [0.25, 0.3) is 0 Å². The van der Waals surface area contributed by atoms with Crippen molar-refractivity contribution in [2.75, 3.05) is 0 Å². The van der Waals surface area contributed by atoms with Crippen molar-refractivity contribution in [3.63, 3.8) is 0 Å². The van der Waals surface area contributed by atoms with Crippen LogP contribution in [-0.2, 0) is 6.42 Å². The molecule has 2 rings (SSSR count). The van der Waals surface area contributed by atoms with Gasteiger partial charge in [-0.25, -0.2) is 0 Å². The van der Waals surface area contributed by atoms with Crippen LogP contribution in [0.3, 0.4) is 0 Å². The highest BCUT2D eigenvalue weighted by atomic mass is 79.9. The summed E-state index contributed by atoms with van der Waals surface area (Å²) in [5.74, 6) is 0. The number of hydrogen-bond donors (Lipinski definition) is 1. The molecule has 94 valence electrons. The number of halogens is 2. The quantitative estimate of drug-likeness (QED) is 0.869. The number of benzene rings is 2. The van der Waals surface area contributed by atoms with Crippen molar-refractivity contribution < 1.29 is 0 Å². The zero-order valence-electron chi connectivity index (χ0n) is 10.2. The van der Waals surface area contributed by atoms with E-state index in [1.807, 2.05) is 18.2 Å². The summed E-state index contributed by atoms with van der Waals surface area (Å²) in [6, 6.07) is 14.0. The molecule has 0 aromatic heterocycles. The Morgan fingerprint density at radius 1 is 1.22 bits per heavy atom. The zero-order valence-corrected chi connectivity index (χ0v) is 12.5. The second-order valence-corrected chi connectivity index (χ2v) is 5.53. The molecule has 2 N–H and O–H groups in total. The molecule has 1 unspecified atom stereocenters. The van der Waals surface area contributed by atoms with Gasteiger partial charge >= 0.3 is 0 Å². The lowest BCUT2D eigenvalue weighted by Gasteiger charge is -2.15. The van der Waals surface area contributed by atoms with Crippen LogP contribution in [0, 0.1) is 0 Å². The lowest BCUT2D eigenvalue weighted by molar-refractivity contribution is 0.862. The highest BCUT2D eigenvalue weighted by Crippen LogP contribution is 2.29. The zero-order chi connectivity index (χ0) is 13.1. The molecule has 0 aliphatic heterocycles. The molecule has 0 heterocycles. The monoisotopic (exact) mass is 323 g/mol. The van der Waals surface area contributed by atoms with Crippen molar-refractivity contribution in [1.82, 2.24) is 0 Å². The summed E-state index contributed by atoms with van der Waals surface area (Å²) < 4.78 is 0.949. The van der Waals surface area contributed by atoms with E-state index in [4.69, 9.17) is 17.3 Å². The van der Waals surface area contributed by atoms with Crippen LogP contribution in [0.1, 0.15) is 29.7 Å². The second-order valence-electron chi connectivity index (χ2n) is 4.24. The Kier molecular flexibility index (Phi) is 4.44. The summed E-state index contributed by atoms with van der Waals surface area (Å²) in [6.07, 6.45) is 1.02. The predicted molar refractivity (Wildman–Crippen MR) is 81.0 cm³/mol. The van der Waals surface area contributed by atoms with Crippen molar-refractivity contribution in [1.29, 1.82) is 0 Å². The molecule has 0 amide bonds. The third kappa shape index (κ3) is 2.94. The maximum Gasteiger partial charge on any atom is 0.0562 e. The second kappa shape index (κ2) is 5.87. The van der Waals surface area contributed by atoms with Gasteiger partial charge in [0.2, 0.25) is 0 Å². The lowest BCUT2D eigenvalue weighted by atomic mass is 9.97. The number of hydrogen-bond acceptors (Lipinski definition) is 1. The van der Waals surface area contributed by atoms with E-state index in [0.29, 0.717) is 5.02 Å². The molecule has 0 radical (unpaired) electrons. The van der Waals surface area contributed by atoms with Gasteiger partial charge in [-0.05, 0) is 35.2 Å². The van der Waals surface area contributed by atoms with Crippen molar-refractivity contribution in [2.24, 2.45) is 5.73 Å². The van der Waals surface area contributed by atoms with E-state index in [-0.39, 0.29) is 6.04 Å². The van der Waals surface area contributed by atoms with E-state index in [1.54, 1.807) is 0 Å². The average molecular weight is 325 g/mol. The molecule has 1 nitrogen and oxygen atoms in total. The highest BCUT2D eigenvalue weighted by Gasteiger charge is 2.12. The molecular formula is C15H15BrClN. The van der Waals surface area contributed by atoms with E-state index in [0.717, 1.165) is 22.0 Å². The minimum absolute atomic E-state index is 0.136. The van der Waals surface area contributed by atoms with E-state index in [1.165, 1.54) is 5.56 Å². The van der Waals surface area contributed by atoms with Crippen LogP contribution >= 0.6 is 27.5 Å². The van der Waals surface area contributed by atoms with Crippen LogP contribution in [-0.4, -0.2) is 0 Å². The molecule has 0 bridgehead atoms. The molecule has 3 heteroatoms. The van der Waals surface area contributed by atoms with E-state index in [2.05, 4.69) is 47.1 Å². The van der Waals surface area contributed by atoms with Crippen LogP contribution in [0.2, 0.25) is 5.02 Å². The highest BCUT2D eigenvalue weighted by molar-refractivity contribution is 9.10. The first kappa shape index (κ1) is 13.6. The summed E-state index contributed by atoms with van der Waals surface area (Å²) in [5, 5.41) is 0.708. The van der Waals surface area contributed by atoms with Gasteiger partial charge in [0.05, 0.1) is 6.04 Å². The van der Waals surface area contributed by atoms with Crippen LogP contribution in [0.15, 0.2) is 46.9 Å². The van der Waals surface area contributed by atoms with Crippen LogP contribution in [0.25, 0.3) is 0 Å². The fourth-order valence-electron chi connectivity index (χ4n) is 1.94.